The van der Waals surface area contributed by atoms with Gasteiger partial charge in [-0.05, 0) is 36.4 Å². The van der Waals surface area contributed by atoms with Crippen LogP contribution in [0.2, 0.25) is 0 Å². The van der Waals surface area contributed by atoms with Crippen molar-refractivity contribution in [2.24, 2.45) is 0 Å². The lowest BCUT2D eigenvalue weighted by molar-refractivity contribution is 1.60. The molecule has 116 valence electrons. The van der Waals surface area contributed by atoms with Crippen molar-refractivity contribution in [1.82, 2.24) is 0 Å². The van der Waals surface area contributed by atoms with E-state index in [1.54, 1.807) is 11.8 Å². The van der Waals surface area contributed by atoms with Gasteiger partial charge in [0.25, 0.3) is 0 Å². The Morgan fingerprint density at radius 3 is 1.58 bits per heavy atom. The van der Waals surface area contributed by atoms with Gasteiger partial charge in [0.15, 0.2) is 0 Å². The highest BCUT2D eigenvalue weighted by atomic mass is 32.2. The van der Waals surface area contributed by atoms with Gasteiger partial charge < -0.3 is 0 Å². The molecule has 0 spiro atoms. The third kappa shape index (κ3) is 5.43. The number of hydrogen-bond acceptors (Lipinski definition) is 2. The maximum Gasteiger partial charge on any atom is 0.0257 e. The zero-order chi connectivity index (χ0) is 16.5. The lowest BCUT2D eigenvalue weighted by Gasteiger charge is -2.14. The fraction of sp³-hybridized carbons (Fsp3) is 0.0909. The summed E-state index contributed by atoms with van der Waals surface area (Å²) < 4.78 is 0. The summed E-state index contributed by atoms with van der Waals surface area (Å²) >= 11 is 3.71. The van der Waals surface area contributed by atoms with Crippen molar-refractivity contribution in [3.8, 4) is 23.7 Å². The molecule has 0 unspecified atom stereocenters. The van der Waals surface area contributed by atoms with Crippen LogP contribution in [0.5, 0.6) is 0 Å². The van der Waals surface area contributed by atoms with Crippen molar-refractivity contribution in [1.29, 1.82) is 0 Å². The predicted octanol–water partition coefficient (Wildman–Crippen LogP) is 5.34. The van der Waals surface area contributed by atoms with Gasteiger partial charge in [-0.3, -0.25) is 0 Å². The Morgan fingerprint density at radius 1 is 0.667 bits per heavy atom. The number of rotatable bonds is 0. The van der Waals surface area contributed by atoms with Crippen LogP contribution in [0, 0.1) is 23.7 Å². The molecule has 0 radical (unpaired) electrons. The molecule has 1 heterocycles. The van der Waals surface area contributed by atoms with Crippen molar-refractivity contribution in [2.45, 2.75) is 0 Å². The fourth-order valence-corrected chi connectivity index (χ4v) is 4.28. The van der Waals surface area contributed by atoms with E-state index in [1.165, 1.54) is 9.81 Å². The first-order valence-electron chi connectivity index (χ1n) is 7.67. The molecule has 0 nitrogen and oxygen atoms in total. The standard InChI is InChI=1S/C22H16S2/c1-3-9-19(10-4-1)13-7-15-21-17-23-18-22(24-21)16-8-14-20-11-5-2-6-12-20/h1-6,9-12,15-16H,17-18H2/b21-15+,22-16+. The molecule has 0 aromatic heterocycles. The molecule has 3 rings (SSSR count). The molecule has 0 atom stereocenters. The Hall–Kier alpha value is -2.26. The summed E-state index contributed by atoms with van der Waals surface area (Å²) in [5.41, 5.74) is 2.10. The molecule has 2 aromatic rings. The Kier molecular flexibility index (Phi) is 6.32. The molecule has 0 N–H and O–H groups in total. The van der Waals surface area contributed by atoms with Crippen LogP contribution in [-0.4, -0.2) is 11.5 Å². The lowest BCUT2D eigenvalue weighted by Crippen LogP contribution is -1.96. The largest absolute Gasteiger partial charge is 0.151 e. The number of thioether (sulfide) groups is 2. The molecule has 0 amide bonds. The van der Waals surface area contributed by atoms with E-state index >= 15 is 0 Å². The average Bonchev–Trinajstić information content (AvgIpc) is 2.64. The Morgan fingerprint density at radius 2 is 1.12 bits per heavy atom. The highest BCUT2D eigenvalue weighted by Gasteiger charge is 2.10. The Bertz CT molecular complexity index is 781. The van der Waals surface area contributed by atoms with Gasteiger partial charge in [-0.25, -0.2) is 0 Å². The second kappa shape index (κ2) is 9.14. The topological polar surface area (TPSA) is 0 Å². The first-order valence-corrected chi connectivity index (χ1v) is 9.64. The second-order valence-corrected chi connectivity index (χ2v) is 7.33. The van der Waals surface area contributed by atoms with Gasteiger partial charge in [0.05, 0.1) is 0 Å². The molecule has 0 aliphatic carbocycles. The summed E-state index contributed by atoms with van der Waals surface area (Å²) in [5, 5.41) is 0. The number of hydrogen-bond donors (Lipinski definition) is 0. The summed E-state index contributed by atoms with van der Waals surface area (Å²) in [6, 6.07) is 20.2. The summed E-state index contributed by atoms with van der Waals surface area (Å²) in [5.74, 6) is 14.7. The number of benzene rings is 2. The van der Waals surface area contributed by atoms with Crippen molar-refractivity contribution in [3.63, 3.8) is 0 Å². The van der Waals surface area contributed by atoms with Gasteiger partial charge in [-0.1, -0.05) is 71.8 Å². The van der Waals surface area contributed by atoms with Crippen LogP contribution in [0.25, 0.3) is 0 Å². The van der Waals surface area contributed by atoms with Crippen LogP contribution in [0.4, 0.5) is 0 Å². The van der Waals surface area contributed by atoms with Crippen LogP contribution in [0.1, 0.15) is 11.1 Å². The first-order chi connectivity index (χ1) is 11.9. The summed E-state index contributed by atoms with van der Waals surface area (Å²) in [7, 11) is 0. The summed E-state index contributed by atoms with van der Waals surface area (Å²) in [6.07, 6.45) is 4.06. The van der Waals surface area contributed by atoms with Gasteiger partial charge >= 0.3 is 0 Å². The highest BCUT2D eigenvalue weighted by molar-refractivity contribution is 8.12. The molecule has 1 saturated heterocycles. The molecule has 24 heavy (non-hydrogen) atoms. The SMILES string of the molecule is C(#Cc1ccccc1)/C=C1\CSC/C(=C\C#Cc2ccccc2)S1. The second-order valence-electron chi connectivity index (χ2n) is 5.09. The van der Waals surface area contributed by atoms with Gasteiger partial charge in [-0.15, -0.1) is 0 Å². The van der Waals surface area contributed by atoms with Crippen LogP contribution < -0.4 is 0 Å². The van der Waals surface area contributed by atoms with Crippen LogP contribution in [-0.2, 0) is 0 Å². The van der Waals surface area contributed by atoms with Crippen molar-refractivity contribution >= 4 is 23.5 Å². The van der Waals surface area contributed by atoms with E-state index in [0.29, 0.717) is 0 Å². The molecular weight excluding hydrogens is 328 g/mol. The van der Waals surface area contributed by atoms with E-state index in [-0.39, 0.29) is 0 Å². The average molecular weight is 345 g/mol. The smallest absolute Gasteiger partial charge is 0.0257 e. The minimum absolute atomic E-state index is 1.03. The summed E-state index contributed by atoms with van der Waals surface area (Å²) in [4.78, 5) is 2.59. The molecular formula is C22H16S2. The van der Waals surface area contributed by atoms with E-state index in [9.17, 15) is 0 Å². The van der Waals surface area contributed by atoms with Crippen LogP contribution in [0.15, 0.2) is 82.6 Å². The quantitative estimate of drug-likeness (QED) is 0.592. The monoisotopic (exact) mass is 344 g/mol. The van der Waals surface area contributed by atoms with E-state index in [0.717, 1.165) is 22.6 Å². The maximum atomic E-state index is 3.18. The molecule has 1 aliphatic rings. The highest BCUT2D eigenvalue weighted by Crippen LogP contribution is 2.35. The minimum atomic E-state index is 1.03. The van der Waals surface area contributed by atoms with E-state index in [1.807, 2.05) is 84.6 Å². The molecule has 0 saturated carbocycles. The molecule has 1 aliphatic heterocycles. The van der Waals surface area contributed by atoms with Crippen LogP contribution >= 0.6 is 23.5 Å². The molecule has 1 fully saturated rings. The zero-order valence-corrected chi connectivity index (χ0v) is 14.8. The van der Waals surface area contributed by atoms with Gasteiger partial charge in [0.2, 0.25) is 0 Å². The predicted molar refractivity (Wildman–Crippen MR) is 108 cm³/mol. The lowest BCUT2D eigenvalue weighted by atomic mass is 10.2. The molecule has 2 heteroatoms. The van der Waals surface area contributed by atoms with Crippen molar-refractivity contribution in [3.05, 3.63) is 93.8 Å². The number of allylic oxidation sites excluding steroid dienone is 2. The van der Waals surface area contributed by atoms with Gasteiger partial charge in [0, 0.05) is 32.4 Å². The third-order valence-corrected chi connectivity index (χ3v) is 5.64. The van der Waals surface area contributed by atoms with E-state index < -0.39 is 0 Å². The van der Waals surface area contributed by atoms with Crippen molar-refractivity contribution in [2.75, 3.05) is 11.5 Å². The maximum absolute atomic E-state index is 3.18. The normalized spacial score (nSPS) is 16.8. The molecule has 0 bridgehead atoms. The first kappa shape index (κ1) is 16.6. The van der Waals surface area contributed by atoms with Gasteiger partial charge in [0.1, 0.15) is 0 Å². The van der Waals surface area contributed by atoms with Crippen LogP contribution in [0.3, 0.4) is 0 Å². The zero-order valence-electron chi connectivity index (χ0n) is 13.2. The fourth-order valence-electron chi connectivity index (χ4n) is 2.06. The van der Waals surface area contributed by atoms with Gasteiger partial charge in [-0.2, -0.15) is 11.8 Å². The summed E-state index contributed by atoms with van der Waals surface area (Å²) in [6.45, 7) is 0. The Labute approximate surface area is 152 Å². The van der Waals surface area contributed by atoms with Crippen molar-refractivity contribution < 1.29 is 0 Å². The van der Waals surface area contributed by atoms with E-state index in [2.05, 4.69) is 23.7 Å². The minimum Gasteiger partial charge on any atom is -0.151 e. The van der Waals surface area contributed by atoms with E-state index in [4.69, 9.17) is 0 Å². The molecule has 2 aromatic carbocycles. The Balaban J connectivity index is 1.64. The third-order valence-electron chi connectivity index (χ3n) is 3.20.